The van der Waals surface area contributed by atoms with E-state index >= 15 is 0 Å². The van der Waals surface area contributed by atoms with Crippen molar-refractivity contribution in [1.29, 1.82) is 0 Å². The Labute approximate surface area is 125 Å². The molecule has 0 aliphatic heterocycles. The first kappa shape index (κ1) is 13.2. The van der Waals surface area contributed by atoms with Crippen LogP contribution in [0.4, 0.5) is 0 Å². The van der Waals surface area contributed by atoms with Gasteiger partial charge in [0.05, 0.1) is 11.1 Å². The SMILES string of the molecule is Cn1cc(Sc2ccc(Br)cc2CNC2CC2)cn1. The fraction of sp³-hybridized carbons (Fsp3) is 0.357. The van der Waals surface area contributed by atoms with E-state index in [1.165, 1.54) is 28.2 Å². The van der Waals surface area contributed by atoms with E-state index in [1.54, 1.807) is 11.8 Å². The molecule has 1 aliphatic carbocycles. The van der Waals surface area contributed by atoms with Gasteiger partial charge < -0.3 is 5.32 Å². The quantitative estimate of drug-likeness (QED) is 0.904. The smallest absolute Gasteiger partial charge is 0.0629 e. The normalized spacial score (nSPS) is 14.8. The fourth-order valence-corrected chi connectivity index (χ4v) is 3.27. The van der Waals surface area contributed by atoms with Gasteiger partial charge in [-0.15, -0.1) is 0 Å². The first-order valence-corrected chi connectivity index (χ1v) is 8.00. The molecular formula is C14H16BrN3S. The highest BCUT2D eigenvalue weighted by molar-refractivity contribution is 9.10. The summed E-state index contributed by atoms with van der Waals surface area (Å²) in [6.07, 6.45) is 6.59. The number of nitrogens with zero attached hydrogens (tertiary/aromatic N) is 2. The minimum Gasteiger partial charge on any atom is -0.310 e. The lowest BCUT2D eigenvalue weighted by Crippen LogP contribution is -2.15. The maximum Gasteiger partial charge on any atom is 0.0629 e. The second-order valence-corrected chi connectivity index (χ2v) is 6.89. The van der Waals surface area contributed by atoms with E-state index in [4.69, 9.17) is 0 Å². The molecule has 0 spiro atoms. The van der Waals surface area contributed by atoms with Crippen molar-refractivity contribution in [2.24, 2.45) is 7.05 Å². The minimum atomic E-state index is 0.732. The fourth-order valence-electron chi connectivity index (χ4n) is 1.91. The van der Waals surface area contributed by atoms with Crippen LogP contribution >= 0.6 is 27.7 Å². The Hall–Kier alpha value is -0.780. The van der Waals surface area contributed by atoms with Crippen LogP contribution in [0.1, 0.15) is 18.4 Å². The number of rotatable bonds is 5. The van der Waals surface area contributed by atoms with Crippen molar-refractivity contribution in [2.45, 2.75) is 35.2 Å². The number of nitrogens with one attached hydrogen (secondary N) is 1. The van der Waals surface area contributed by atoms with Gasteiger partial charge in [0.25, 0.3) is 0 Å². The summed E-state index contributed by atoms with van der Waals surface area (Å²) >= 11 is 5.33. The number of benzene rings is 1. The van der Waals surface area contributed by atoms with E-state index in [-0.39, 0.29) is 0 Å². The number of hydrogen-bond donors (Lipinski definition) is 1. The van der Waals surface area contributed by atoms with Crippen LogP contribution in [0.25, 0.3) is 0 Å². The van der Waals surface area contributed by atoms with E-state index in [0.29, 0.717) is 0 Å². The van der Waals surface area contributed by atoms with Crippen molar-refractivity contribution in [2.75, 3.05) is 0 Å². The summed E-state index contributed by atoms with van der Waals surface area (Å²) in [5.74, 6) is 0. The topological polar surface area (TPSA) is 29.9 Å². The van der Waals surface area contributed by atoms with Crippen molar-refractivity contribution in [3.05, 3.63) is 40.6 Å². The maximum atomic E-state index is 4.22. The molecule has 1 aromatic carbocycles. The zero-order valence-corrected chi connectivity index (χ0v) is 13.2. The monoisotopic (exact) mass is 337 g/mol. The average Bonchev–Trinajstić information content (AvgIpc) is 3.13. The Kier molecular flexibility index (Phi) is 3.96. The third-order valence-corrected chi connectivity index (χ3v) is 4.65. The van der Waals surface area contributed by atoms with Gasteiger partial charge in [0, 0.05) is 35.2 Å². The van der Waals surface area contributed by atoms with Gasteiger partial charge in [-0.2, -0.15) is 5.10 Å². The van der Waals surface area contributed by atoms with Crippen molar-refractivity contribution in [3.63, 3.8) is 0 Å². The molecule has 0 amide bonds. The molecule has 3 nitrogen and oxygen atoms in total. The standard InChI is InChI=1S/C14H16BrN3S/c1-18-9-13(8-17-18)19-14-5-2-11(15)6-10(14)7-16-12-3-4-12/h2,5-6,8-9,12,16H,3-4,7H2,1H3. The van der Waals surface area contributed by atoms with Crippen LogP contribution in [0.3, 0.4) is 0 Å². The highest BCUT2D eigenvalue weighted by Gasteiger charge is 2.20. The predicted octanol–water partition coefficient (Wildman–Crippen LogP) is 3.59. The van der Waals surface area contributed by atoms with Gasteiger partial charge in [-0.25, -0.2) is 0 Å². The number of hydrogen-bond acceptors (Lipinski definition) is 3. The van der Waals surface area contributed by atoms with Crippen molar-refractivity contribution >= 4 is 27.7 Å². The number of aryl methyl sites for hydroxylation is 1. The Balaban J connectivity index is 1.77. The van der Waals surface area contributed by atoms with Crippen LogP contribution in [0.15, 0.2) is 44.9 Å². The second-order valence-electron chi connectivity index (χ2n) is 4.86. The van der Waals surface area contributed by atoms with Crippen LogP contribution in [0, 0.1) is 0 Å². The summed E-state index contributed by atoms with van der Waals surface area (Å²) in [5.41, 5.74) is 1.34. The van der Waals surface area contributed by atoms with E-state index in [1.807, 2.05) is 24.1 Å². The highest BCUT2D eigenvalue weighted by atomic mass is 79.9. The van der Waals surface area contributed by atoms with E-state index in [2.05, 4.69) is 44.5 Å². The van der Waals surface area contributed by atoms with Gasteiger partial charge in [-0.3, -0.25) is 4.68 Å². The summed E-state index contributed by atoms with van der Waals surface area (Å²) in [4.78, 5) is 2.47. The maximum absolute atomic E-state index is 4.22. The molecule has 2 aromatic rings. The van der Waals surface area contributed by atoms with Crippen LogP contribution in [-0.4, -0.2) is 15.8 Å². The molecule has 1 saturated carbocycles. The molecule has 5 heteroatoms. The Morgan fingerprint density at radius 3 is 3.00 bits per heavy atom. The Morgan fingerprint density at radius 1 is 1.47 bits per heavy atom. The van der Waals surface area contributed by atoms with Crippen molar-refractivity contribution in [1.82, 2.24) is 15.1 Å². The lowest BCUT2D eigenvalue weighted by atomic mass is 10.2. The molecule has 0 saturated heterocycles. The lowest BCUT2D eigenvalue weighted by molar-refractivity contribution is 0.680. The van der Waals surface area contributed by atoms with Gasteiger partial charge in [-0.05, 0) is 36.6 Å². The van der Waals surface area contributed by atoms with E-state index < -0.39 is 0 Å². The zero-order valence-electron chi connectivity index (χ0n) is 10.8. The Morgan fingerprint density at radius 2 is 2.32 bits per heavy atom. The van der Waals surface area contributed by atoms with E-state index in [9.17, 15) is 0 Å². The van der Waals surface area contributed by atoms with Crippen LogP contribution in [0.2, 0.25) is 0 Å². The second kappa shape index (κ2) is 5.69. The summed E-state index contributed by atoms with van der Waals surface area (Å²) in [6.45, 7) is 0.937. The van der Waals surface area contributed by atoms with Crippen LogP contribution < -0.4 is 5.32 Å². The Bertz CT molecular complexity index is 578. The molecule has 1 aromatic heterocycles. The summed E-state index contributed by atoms with van der Waals surface area (Å²) < 4.78 is 2.97. The van der Waals surface area contributed by atoms with Crippen molar-refractivity contribution < 1.29 is 0 Å². The molecule has 1 aliphatic rings. The van der Waals surface area contributed by atoms with Gasteiger partial charge in [0.1, 0.15) is 0 Å². The summed E-state index contributed by atoms with van der Waals surface area (Å²) in [7, 11) is 1.95. The van der Waals surface area contributed by atoms with Crippen molar-refractivity contribution in [3.8, 4) is 0 Å². The zero-order chi connectivity index (χ0) is 13.2. The number of aromatic nitrogens is 2. The molecule has 0 atom stereocenters. The molecule has 19 heavy (non-hydrogen) atoms. The largest absolute Gasteiger partial charge is 0.310 e. The van der Waals surface area contributed by atoms with Crippen LogP contribution in [-0.2, 0) is 13.6 Å². The van der Waals surface area contributed by atoms with Gasteiger partial charge in [0.2, 0.25) is 0 Å². The molecule has 1 N–H and O–H groups in total. The molecular weight excluding hydrogens is 322 g/mol. The number of halogens is 1. The highest BCUT2D eigenvalue weighted by Crippen LogP contribution is 2.32. The third-order valence-electron chi connectivity index (χ3n) is 3.09. The van der Waals surface area contributed by atoms with Crippen LogP contribution in [0.5, 0.6) is 0 Å². The molecule has 0 unspecified atom stereocenters. The first-order valence-electron chi connectivity index (χ1n) is 6.39. The molecule has 0 radical (unpaired) electrons. The molecule has 1 heterocycles. The molecule has 3 rings (SSSR count). The van der Waals surface area contributed by atoms with E-state index in [0.717, 1.165) is 17.1 Å². The predicted molar refractivity (Wildman–Crippen MR) is 81.3 cm³/mol. The minimum absolute atomic E-state index is 0.732. The van der Waals surface area contributed by atoms with Gasteiger partial charge in [0.15, 0.2) is 0 Å². The molecule has 1 fully saturated rings. The lowest BCUT2D eigenvalue weighted by Gasteiger charge is -2.10. The van der Waals surface area contributed by atoms with Gasteiger partial charge in [-0.1, -0.05) is 27.7 Å². The summed E-state index contributed by atoms with van der Waals surface area (Å²) in [5, 5.41) is 7.79. The summed E-state index contributed by atoms with van der Waals surface area (Å²) in [6, 6.07) is 7.20. The molecule has 0 bridgehead atoms. The van der Waals surface area contributed by atoms with Gasteiger partial charge >= 0.3 is 0 Å². The third kappa shape index (κ3) is 3.61. The molecule has 100 valence electrons. The average molecular weight is 338 g/mol. The first-order chi connectivity index (χ1) is 9.20.